The van der Waals surface area contributed by atoms with Crippen LogP contribution < -0.4 is 4.74 Å². The lowest BCUT2D eigenvalue weighted by atomic mass is 10.1. The Hall–Kier alpha value is -2.13. The van der Waals surface area contributed by atoms with Gasteiger partial charge in [0, 0.05) is 33.7 Å². The van der Waals surface area contributed by atoms with Gasteiger partial charge in [0.1, 0.15) is 16.7 Å². The van der Waals surface area contributed by atoms with Crippen LogP contribution in [0.2, 0.25) is 0 Å². The molecule has 2 fully saturated rings. The molecule has 2 aromatic carbocycles. The summed E-state index contributed by atoms with van der Waals surface area (Å²) in [6.07, 6.45) is 6.14. The first-order chi connectivity index (χ1) is 16.9. The summed E-state index contributed by atoms with van der Waals surface area (Å²) in [5, 5.41) is 1.08. The molecule has 3 heterocycles. The number of hydrogen-bond donors (Lipinski definition) is 0. The van der Waals surface area contributed by atoms with Crippen LogP contribution in [0.15, 0.2) is 52.0 Å². The Kier molecular flexibility index (Phi) is 7.34. The Morgan fingerprint density at radius 2 is 2.09 bits per heavy atom. The summed E-state index contributed by atoms with van der Waals surface area (Å²) in [6, 6.07) is 12.4. The summed E-state index contributed by atoms with van der Waals surface area (Å²) in [7, 11) is 0. The van der Waals surface area contributed by atoms with Gasteiger partial charge < -0.3 is 14.0 Å². The zero-order valence-electron chi connectivity index (χ0n) is 19.8. The van der Waals surface area contributed by atoms with Crippen LogP contribution in [0.3, 0.4) is 0 Å². The highest BCUT2D eigenvalue weighted by Crippen LogP contribution is 2.35. The van der Waals surface area contributed by atoms with Crippen molar-refractivity contribution in [2.24, 2.45) is 0 Å². The Morgan fingerprint density at radius 1 is 1.23 bits per heavy atom. The molecule has 3 aromatic rings. The first-order valence-electron chi connectivity index (χ1n) is 11.7. The fourth-order valence-electron chi connectivity index (χ4n) is 4.45. The van der Waals surface area contributed by atoms with E-state index in [1.54, 1.807) is 4.90 Å². The molecule has 0 unspecified atom stereocenters. The maximum absolute atomic E-state index is 13.2. The molecule has 0 radical (unpaired) electrons. The van der Waals surface area contributed by atoms with Crippen molar-refractivity contribution in [3.8, 4) is 5.75 Å². The number of aromatic nitrogens is 1. The zero-order chi connectivity index (χ0) is 24.5. The normalized spacial score (nSPS) is 19.5. The lowest BCUT2D eigenvalue weighted by molar-refractivity contribution is -0.123. The number of amides is 1. The van der Waals surface area contributed by atoms with Gasteiger partial charge >= 0.3 is 0 Å². The highest BCUT2D eigenvalue weighted by Gasteiger charge is 2.34. The average molecular weight is 572 g/mol. The van der Waals surface area contributed by atoms with Gasteiger partial charge in [0.05, 0.1) is 24.1 Å². The number of aryl methyl sites for hydroxylation is 2. The van der Waals surface area contributed by atoms with E-state index < -0.39 is 0 Å². The van der Waals surface area contributed by atoms with Gasteiger partial charge in [-0.25, -0.2) is 0 Å². The first-order valence-corrected chi connectivity index (χ1v) is 13.8. The predicted octanol–water partition coefficient (Wildman–Crippen LogP) is 6.48. The average Bonchev–Trinajstić information content (AvgIpc) is 3.53. The van der Waals surface area contributed by atoms with Crippen molar-refractivity contribution in [2.75, 3.05) is 19.8 Å². The molecule has 182 valence electrons. The van der Waals surface area contributed by atoms with Crippen LogP contribution in [0.4, 0.5) is 0 Å². The van der Waals surface area contributed by atoms with Crippen LogP contribution in [0, 0.1) is 13.8 Å². The number of thioether (sulfide) groups is 1. The van der Waals surface area contributed by atoms with E-state index in [0.29, 0.717) is 28.9 Å². The van der Waals surface area contributed by atoms with Gasteiger partial charge in [0.25, 0.3) is 5.91 Å². The number of ether oxygens (including phenoxy) is 2. The summed E-state index contributed by atoms with van der Waals surface area (Å²) in [6.45, 7) is 6.72. The largest absolute Gasteiger partial charge is 0.492 e. The SMILES string of the molecule is Cc1ccc(OCCn2cc(/C=C3\SC(=S)N(C[C@H]4CCCO4)C3=O)c3cc(Br)ccc32)cc1C. The van der Waals surface area contributed by atoms with Crippen molar-refractivity contribution < 1.29 is 14.3 Å². The number of thiocarbonyl (C=S) groups is 1. The second-order valence-electron chi connectivity index (χ2n) is 8.96. The number of fused-ring (bicyclic) bond motifs is 1. The highest BCUT2D eigenvalue weighted by molar-refractivity contribution is 9.10. The van der Waals surface area contributed by atoms with E-state index in [9.17, 15) is 4.79 Å². The van der Waals surface area contributed by atoms with Crippen LogP contribution in [0.5, 0.6) is 5.75 Å². The minimum Gasteiger partial charge on any atom is -0.492 e. The van der Waals surface area contributed by atoms with Crippen molar-refractivity contribution in [2.45, 2.75) is 39.3 Å². The molecule has 0 saturated carbocycles. The number of carbonyl (C=O) groups is 1. The third-order valence-electron chi connectivity index (χ3n) is 6.52. The van der Waals surface area contributed by atoms with Crippen molar-refractivity contribution in [1.82, 2.24) is 9.47 Å². The number of carbonyl (C=O) groups excluding carboxylic acids is 1. The Bertz CT molecular complexity index is 1330. The van der Waals surface area contributed by atoms with E-state index in [1.165, 1.54) is 22.9 Å². The molecule has 0 N–H and O–H groups in total. The first kappa shape index (κ1) is 24.6. The number of benzene rings is 2. The third-order valence-corrected chi connectivity index (χ3v) is 8.39. The van der Waals surface area contributed by atoms with E-state index in [2.05, 4.69) is 64.8 Å². The smallest absolute Gasteiger partial charge is 0.266 e. The molecule has 8 heteroatoms. The molecule has 2 aliphatic rings. The van der Waals surface area contributed by atoms with Gasteiger partial charge in [-0.3, -0.25) is 9.69 Å². The minimum atomic E-state index is -0.0375. The van der Waals surface area contributed by atoms with Crippen molar-refractivity contribution in [1.29, 1.82) is 0 Å². The van der Waals surface area contributed by atoms with E-state index in [4.69, 9.17) is 21.7 Å². The molecule has 2 aliphatic heterocycles. The third kappa shape index (κ3) is 5.35. The molecule has 5 nitrogen and oxygen atoms in total. The van der Waals surface area contributed by atoms with E-state index in [-0.39, 0.29) is 12.0 Å². The highest BCUT2D eigenvalue weighted by atomic mass is 79.9. The molecule has 2 saturated heterocycles. The summed E-state index contributed by atoms with van der Waals surface area (Å²) in [5.74, 6) is 0.840. The number of rotatable bonds is 7. The molecular weight excluding hydrogens is 544 g/mol. The van der Waals surface area contributed by atoms with E-state index in [0.717, 1.165) is 46.1 Å². The lowest BCUT2D eigenvalue weighted by Gasteiger charge is -2.18. The molecule has 5 rings (SSSR count). The molecule has 1 atom stereocenters. The maximum Gasteiger partial charge on any atom is 0.266 e. The summed E-state index contributed by atoms with van der Waals surface area (Å²) >= 11 is 10.5. The second kappa shape index (κ2) is 10.5. The van der Waals surface area contributed by atoms with Crippen LogP contribution in [0.25, 0.3) is 17.0 Å². The van der Waals surface area contributed by atoms with E-state index in [1.807, 2.05) is 18.2 Å². The van der Waals surface area contributed by atoms with Gasteiger partial charge in [-0.2, -0.15) is 0 Å². The van der Waals surface area contributed by atoms with Crippen molar-refractivity contribution in [3.05, 3.63) is 68.7 Å². The second-order valence-corrected chi connectivity index (χ2v) is 11.6. The van der Waals surface area contributed by atoms with Gasteiger partial charge in [0.2, 0.25) is 0 Å². The van der Waals surface area contributed by atoms with Crippen LogP contribution in [-0.4, -0.2) is 45.6 Å². The van der Waals surface area contributed by atoms with Gasteiger partial charge in [-0.15, -0.1) is 0 Å². The number of hydrogen-bond acceptors (Lipinski definition) is 5. The Balaban J connectivity index is 1.36. The van der Waals surface area contributed by atoms with Gasteiger partial charge in [-0.05, 0) is 74.2 Å². The van der Waals surface area contributed by atoms with Crippen LogP contribution >= 0.6 is 39.9 Å². The Labute approximate surface area is 223 Å². The van der Waals surface area contributed by atoms with Crippen LogP contribution in [-0.2, 0) is 16.1 Å². The van der Waals surface area contributed by atoms with Gasteiger partial charge in [-0.1, -0.05) is 46.0 Å². The number of halogens is 1. The minimum absolute atomic E-state index is 0.0375. The standard InChI is InChI=1S/C27H27BrN2O3S2/c1-17-5-7-21(12-18(17)2)33-11-9-29-15-19(23-14-20(28)6-8-24(23)29)13-25-26(31)30(27(34)35-25)16-22-4-3-10-32-22/h5-8,12-15,22H,3-4,9-11,16H2,1-2H3/b25-13-/t22-/m1/s1. The summed E-state index contributed by atoms with van der Waals surface area (Å²) in [5.41, 5.74) is 4.56. The van der Waals surface area contributed by atoms with Crippen molar-refractivity contribution >= 4 is 67.1 Å². The summed E-state index contributed by atoms with van der Waals surface area (Å²) < 4.78 is 15.5. The predicted molar refractivity (Wildman–Crippen MR) is 150 cm³/mol. The molecule has 1 aromatic heterocycles. The fraction of sp³-hybridized carbons (Fsp3) is 0.333. The Morgan fingerprint density at radius 3 is 2.86 bits per heavy atom. The molecular formula is C27H27BrN2O3S2. The van der Waals surface area contributed by atoms with E-state index >= 15 is 0 Å². The molecule has 0 spiro atoms. The zero-order valence-corrected chi connectivity index (χ0v) is 23.0. The maximum atomic E-state index is 13.2. The molecule has 35 heavy (non-hydrogen) atoms. The number of nitrogens with zero attached hydrogens (tertiary/aromatic N) is 2. The molecule has 0 bridgehead atoms. The van der Waals surface area contributed by atoms with Gasteiger partial charge in [0.15, 0.2) is 0 Å². The fourth-order valence-corrected chi connectivity index (χ4v) is 6.08. The molecule has 1 amide bonds. The monoisotopic (exact) mass is 570 g/mol. The lowest BCUT2D eigenvalue weighted by Crippen LogP contribution is -2.35. The quantitative estimate of drug-likeness (QED) is 0.240. The van der Waals surface area contributed by atoms with Crippen molar-refractivity contribution in [3.63, 3.8) is 0 Å². The topological polar surface area (TPSA) is 43.7 Å². The molecule has 0 aliphatic carbocycles. The summed E-state index contributed by atoms with van der Waals surface area (Å²) in [4.78, 5) is 15.5. The van der Waals surface area contributed by atoms with Crippen LogP contribution in [0.1, 0.15) is 29.5 Å².